The number of hydrogen-bond acceptors (Lipinski definition) is 3. The van der Waals surface area contributed by atoms with Crippen LogP contribution < -0.4 is 0 Å². The molecule has 102 valence electrons. The van der Waals surface area contributed by atoms with Crippen LogP contribution in [0, 0.1) is 12.8 Å². The number of aryl methyl sites for hydroxylation is 1. The lowest BCUT2D eigenvalue weighted by Crippen LogP contribution is -2.43. The monoisotopic (exact) mass is 278 g/mol. The Hall–Kier alpha value is -1.26. The van der Waals surface area contributed by atoms with Gasteiger partial charge < -0.3 is 5.11 Å². The molecule has 19 heavy (non-hydrogen) atoms. The summed E-state index contributed by atoms with van der Waals surface area (Å²) >= 11 is 0. The van der Waals surface area contributed by atoms with Gasteiger partial charge in [0.2, 0.25) is 0 Å². The Morgan fingerprint density at radius 2 is 2.00 bits per heavy atom. The second-order valence-electron chi connectivity index (χ2n) is 5.20. The van der Waals surface area contributed by atoms with Crippen LogP contribution >= 0.6 is 0 Å². The molecule has 0 heterocycles. The number of rotatable bonds is 3. The lowest BCUT2D eigenvalue weighted by atomic mass is 9.82. The molecule has 3 atom stereocenters. The van der Waals surface area contributed by atoms with Gasteiger partial charge in [-0.3, -0.25) is 9.00 Å². The highest BCUT2D eigenvalue weighted by Gasteiger charge is 2.37. The van der Waals surface area contributed by atoms with Crippen molar-refractivity contribution in [3.63, 3.8) is 0 Å². The molecule has 0 bridgehead atoms. The van der Waals surface area contributed by atoms with E-state index >= 15 is 0 Å². The van der Waals surface area contributed by atoms with Crippen molar-refractivity contribution in [3.05, 3.63) is 42.0 Å². The lowest BCUT2D eigenvalue weighted by Gasteiger charge is -2.33. The van der Waals surface area contributed by atoms with Crippen LogP contribution in [-0.4, -0.2) is 26.5 Å². The zero-order valence-corrected chi connectivity index (χ0v) is 11.9. The van der Waals surface area contributed by atoms with Gasteiger partial charge in [0, 0.05) is 11.3 Å². The summed E-state index contributed by atoms with van der Waals surface area (Å²) in [4.78, 5) is 12.0. The largest absolute Gasteiger partial charge is 0.385 e. The highest BCUT2D eigenvalue weighted by molar-refractivity contribution is 7.85. The van der Waals surface area contributed by atoms with Gasteiger partial charge in [-0.2, -0.15) is 0 Å². The summed E-state index contributed by atoms with van der Waals surface area (Å²) in [5.41, 5.74) is -0.0556. The molecule has 0 fully saturated rings. The second-order valence-corrected chi connectivity index (χ2v) is 6.65. The quantitative estimate of drug-likeness (QED) is 0.920. The molecule has 1 aromatic carbocycles. The van der Waals surface area contributed by atoms with Crippen LogP contribution in [0.25, 0.3) is 0 Å². The van der Waals surface area contributed by atoms with Gasteiger partial charge in [-0.1, -0.05) is 24.6 Å². The van der Waals surface area contributed by atoms with Gasteiger partial charge in [-0.15, -0.1) is 0 Å². The molecule has 2 rings (SSSR count). The fraction of sp³-hybridized carbons (Fsp3) is 0.400. The highest BCUT2D eigenvalue weighted by atomic mass is 32.2. The standard InChI is InChI=1S/C15H18O3S/c1-11-3-5-14(6-4-11)19(18)10-15(17)8-7-13(16)9-12(15)2/h3-8,12,17H,9-10H2,1-2H3/t12-,15-,19?/m1/s1. The van der Waals surface area contributed by atoms with Gasteiger partial charge in [-0.05, 0) is 37.1 Å². The van der Waals surface area contributed by atoms with Crippen LogP contribution in [0.5, 0.6) is 0 Å². The first-order chi connectivity index (χ1) is 8.90. The summed E-state index contributed by atoms with van der Waals surface area (Å²) in [7, 11) is -1.27. The Kier molecular flexibility index (Phi) is 4.02. The van der Waals surface area contributed by atoms with Gasteiger partial charge in [0.15, 0.2) is 5.78 Å². The first kappa shape index (κ1) is 14.2. The van der Waals surface area contributed by atoms with E-state index in [1.807, 2.05) is 38.1 Å². The van der Waals surface area contributed by atoms with Gasteiger partial charge in [-0.25, -0.2) is 0 Å². The van der Waals surface area contributed by atoms with Gasteiger partial charge in [0.05, 0.1) is 22.2 Å². The van der Waals surface area contributed by atoms with Crippen molar-refractivity contribution >= 4 is 16.6 Å². The summed E-state index contributed by atoms with van der Waals surface area (Å²) in [6.07, 6.45) is 3.19. The average molecular weight is 278 g/mol. The third kappa shape index (κ3) is 3.19. The summed E-state index contributed by atoms with van der Waals surface area (Å²) in [5.74, 6) is -0.0706. The van der Waals surface area contributed by atoms with Crippen LogP contribution in [0.1, 0.15) is 18.9 Å². The van der Waals surface area contributed by atoms with Crippen molar-refractivity contribution in [3.8, 4) is 0 Å². The fourth-order valence-corrected chi connectivity index (χ4v) is 3.53. The predicted molar refractivity (Wildman–Crippen MR) is 75.3 cm³/mol. The molecule has 1 aromatic rings. The van der Waals surface area contributed by atoms with Crippen molar-refractivity contribution in [2.75, 3.05) is 5.75 Å². The Morgan fingerprint density at radius 3 is 2.58 bits per heavy atom. The molecule has 0 aromatic heterocycles. The zero-order chi connectivity index (χ0) is 14.0. The van der Waals surface area contributed by atoms with E-state index in [1.54, 1.807) is 0 Å². The first-order valence-electron chi connectivity index (χ1n) is 6.30. The molecular formula is C15H18O3S. The SMILES string of the molecule is Cc1ccc(S(=O)C[C@]2(O)C=CC(=O)C[C@H]2C)cc1. The molecule has 0 saturated carbocycles. The topological polar surface area (TPSA) is 54.4 Å². The number of hydrogen-bond donors (Lipinski definition) is 1. The van der Waals surface area contributed by atoms with Crippen LogP contribution in [0.2, 0.25) is 0 Å². The minimum Gasteiger partial charge on any atom is -0.385 e. The lowest BCUT2D eigenvalue weighted by molar-refractivity contribution is -0.118. The third-order valence-electron chi connectivity index (χ3n) is 3.56. The number of allylic oxidation sites excluding steroid dienone is 1. The molecule has 0 aliphatic heterocycles. The average Bonchev–Trinajstić information content (AvgIpc) is 2.35. The number of benzene rings is 1. The Labute approximate surface area is 115 Å². The van der Waals surface area contributed by atoms with Crippen molar-refractivity contribution in [2.45, 2.75) is 30.8 Å². The van der Waals surface area contributed by atoms with E-state index in [4.69, 9.17) is 0 Å². The number of carbonyl (C=O) groups excluding carboxylic acids is 1. The minimum absolute atomic E-state index is 0.0123. The first-order valence-corrected chi connectivity index (χ1v) is 7.62. The normalized spacial score (nSPS) is 28.4. The molecule has 0 radical (unpaired) electrons. The van der Waals surface area contributed by atoms with E-state index in [2.05, 4.69) is 0 Å². The molecule has 1 aliphatic rings. The van der Waals surface area contributed by atoms with Crippen LogP contribution in [0.15, 0.2) is 41.3 Å². The van der Waals surface area contributed by atoms with Crippen molar-refractivity contribution < 1.29 is 14.1 Å². The smallest absolute Gasteiger partial charge is 0.155 e. The number of aliphatic hydroxyl groups is 1. The minimum atomic E-state index is -1.27. The van der Waals surface area contributed by atoms with Crippen molar-refractivity contribution in [2.24, 2.45) is 5.92 Å². The van der Waals surface area contributed by atoms with E-state index in [-0.39, 0.29) is 17.5 Å². The molecule has 0 amide bonds. The Morgan fingerprint density at radius 1 is 1.37 bits per heavy atom. The maximum Gasteiger partial charge on any atom is 0.155 e. The second kappa shape index (κ2) is 5.39. The molecule has 4 heteroatoms. The fourth-order valence-electron chi connectivity index (χ4n) is 2.12. The Bertz CT molecular complexity index is 533. The maximum atomic E-state index is 12.3. The van der Waals surface area contributed by atoms with E-state index in [0.29, 0.717) is 11.3 Å². The van der Waals surface area contributed by atoms with E-state index < -0.39 is 16.4 Å². The molecule has 1 N–H and O–H groups in total. The molecule has 0 spiro atoms. The third-order valence-corrected chi connectivity index (χ3v) is 5.09. The van der Waals surface area contributed by atoms with E-state index in [9.17, 15) is 14.1 Å². The number of carbonyl (C=O) groups is 1. The molecule has 0 saturated heterocycles. The van der Waals surface area contributed by atoms with Gasteiger partial charge in [0.1, 0.15) is 0 Å². The molecule has 3 nitrogen and oxygen atoms in total. The predicted octanol–water partition coefficient (Wildman–Crippen LogP) is 2.00. The van der Waals surface area contributed by atoms with E-state index in [1.165, 1.54) is 12.2 Å². The van der Waals surface area contributed by atoms with Crippen LogP contribution in [0.4, 0.5) is 0 Å². The summed E-state index contributed by atoms with van der Waals surface area (Å²) < 4.78 is 12.3. The highest BCUT2D eigenvalue weighted by Crippen LogP contribution is 2.29. The zero-order valence-electron chi connectivity index (χ0n) is 11.1. The number of ketones is 1. The van der Waals surface area contributed by atoms with E-state index in [0.717, 1.165) is 5.56 Å². The Balaban J connectivity index is 2.16. The maximum absolute atomic E-state index is 12.3. The van der Waals surface area contributed by atoms with Crippen LogP contribution in [-0.2, 0) is 15.6 Å². The van der Waals surface area contributed by atoms with Gasteiger partial charge in [0.25, 0.3) is 0 Å². The van der Waals surface area contributed by atoms with Crippen molar-refractivity contribution in [1.82, 2.24) is 0 Å². The molecular weight excluding hydrogens is 260 g/mol. The summed E-state index contributed by atoms with van der Waals surface area (Å²) in [6.45, 7) is 3.78. The summed E-state index contributed by atoms with van der Waals surface area (Å²) in [6, 6.07) is 7.44. The summed E-state index contributed by atoms with van der Waals surface area (Å²) in [5, 5.41) is 10.5. The van der Waals surface area contributed by atoms with Crippen molar-refractivity contribution in [1.29, 1.82) is 0 Å². The molecule has 1 aliphatic carbocycles. The van der Waals surface area contributed by atoms with Gasteiger partial charge >= 0.3 is 0 Å². The molecule has 1 unspecified atom stereocenters. The van der Waals surface area contributed by atoms with Crippen LogP contribution in [0.3, 0.4) is 0 Å².